The average molecular weight is 305 g/mol. The van der Waals surface area contributed by atoms with Gasteiger partial charge in [-0.1, -0.05) is 19.1 Å². The molecule has 0 aliphatic carbocycles. The second-order valence-electron chi connectivity index (χ2n) is 4.51. The summed E-state index contributed by atoms with van der Waals surface area (Å²) in [6, 6.07) is 7.82. The Morgan fingerprint density at radius 3 is 2.95 bits per heavy atom. The van der Waals surface area contributed by atoms with Crippen molar-refractivity contribution < 1.29 is 0 Å². The highest BCUT2D eigenvalue weighted by molar-refractivity contribution is 7.09. The van der Waals surface area contributed by atoms with Crippen molar-refractivity contribution in [3.05, 3.63) is 46.1 Å². The van der Waals surface area contributed by atoms with Crippen molar-refractivity contribution in [3.8, 4) is 0 Å². The maximum atomic E-state index is 5.97. The van der Waals surface area contributed by atoms with Crippen LogP contribution in [0.5, 0.6) is 0 Å². The van der Waals surface area contributed by atoms with E-state index in [2.05, 4.69) is 27.2 Å². The van der Waals surface area contributed by atoms with Crippen LogP contribution >= 0.6 is 22.9 Å². The van der Waals surface area contributed by atoms with Gasteiger partial charge >= 0.3 is 0 Å². The maximum Gasteiger partial charge on any atom is 0.224 e. The van der Waals surface area contributed by atoms with Crippen LogP contribution < -0.4 is 5.32 Å². The fraction of sp³-hybridized carbons (Fsp3) is 0.214. The highest BCUT2D eigenvalue weighted by atomic mass is 35.5. The summed E-state index contributed by atoms with van der Waals surface area (Å²) >= 11 is 7.63. The average Bonchev–Trinajstić information content (AvgIpc) is 2.98. The third-order valence-electron chi connectivity index (χ3n) is 3.02. The van der Waals surface area contributed by atoms with Gasteiger partial charge in [0.05, 0.1) is 10.5 Å². The first-order valence-corrected chi connectivity index (χ1v) is 7.55. The highest BCUT2D eigenvalue weighted by Gasteiger charge is 2.10. The summed E-state index contributed by atoms with van der Waals surface area (Å²) in [4.78, 5) is 12.8. The van der Waals surface area contributed by atoms with Crippen molar-refractivity contribution in [1.82, 2.24) is 15.0 Å². The van der Waals surface area contributed by atoms with Crippen LogP contribution in [0.1, 0.15) is 17.8 Å². The van der Waals surface area contributed by atoms with E-state index in [1.807, 2.05) is 35.8 Å². The lowest BCUT2D eigenvalue weighted by Gasteiger charge is -2.12. The Morgan fingerprint density at radius 2 is 2.15 bits per heavy atom. The third kappa shape index (κ3) is 2.73. The van der Waals surface area contributed by atoms with Gasteiger partial charge in [-0.3, -0.25) is 0 Å². The van der Waals surface area contributed by atoms with E-state index in [1.165, 1.54) is 0 Å². The summed E-state index contributed by atoms with van der Waals surface area (Å²) in [7, 11) is 0. The first kappa shape index (κ1) is 13.3. The first-order chi connectivity index (χ1) is 9.74. The van der Waals surface area contributed by atoms with Crippen molar-refractivity contribution in [2.24, 2.45) is 0 Å². The van der Waals surface area contributed by atoms with Gasteiger partial charge in [-0.15, -0.1) is 11.3 Å². The molecular formula is C14H13ClN4S. The van der Waals surface area contributed by atoms with Crippen LogP contribution in [0.15, 0.2) is 35.8 Å². The molecule has 0 saturated heterocycles. The van der Waals surface area contributed by atoms with E-state index in [1.54, 1.807) is 11.3 Å². The fourth-order valence-corrected chi connectivity index (χ4v) is 2.87. The molecule has 1 atom stereocenters. The van der Waals surface area contributed by atoms with Gasteiger partial charge < -0.3 is 5.32 Å². The summed E-state index contributed by atoms with van der Waals surface area (Å²) in [6.45, 7) is 2.89. The smallest absolute Gasteiger partial charge is 0.224 e. The number of halogens is 1. The second-order valence-corrected chi connectivity index (χ2v) is 5.77. The molecule has 1 unspecified atom stereocenters. The lowest BCUT2D eigenvalue weighted by molar-refractivity contribution is 0.792. The number of nitrogens with zero attached hydrogens (tertiary/aromatic N) is 3. The molecule has 6 heteroatoms. The summed E-state index contributed by atoms with van der Waals surface area (Å²) in [5, 5.41) is 7.68. The van der Waals surface area contributed by atoms with Gasteiger partial charge in [0, 0.05) is 29.4 Å². The summed E-state index contributed by atoms with van der Waals surface area (Å²) in [6.07, 6.45) is 1.83. The molecule has 20 heavy (non-hydrogen) atoms. The summed E-state index contributed by atoms with van der Waals surface area (Å²) < 4.78 is 0. The molecule has 0 fully saturated rings. The topological polar surface area (TPSA) is 50.7 Å². The Labute approximate surface area is 125 Å². The van der Waals surface area contributed by atoms with E-state index in [9.17, 15) is 0 Å². The minimum atomic E-state index is 0.258. The van der Waals surface area contributed by atoms with Crippen molar-refractivity contribution in [2.45, 2.75) is 12.8 Å². The number of anilines is 1. The Balaban J connectivity index is 1.84. The molecule has 3 rings (SSSR count). The minimum Gasteiger partial charge on any atom is -0.369 e. The Hall–Kier alpha value is -1.72. The molecule has 1 aromatic carbocycles. The SMILES string of the molecule is CC(CNc1nc(Cl)nc2ccccc12)c1nccs1. The van der Waals surface area contributed by atoms with Crippen molar-refractivity contribution in [1.29, 1.82) is 0 Å². The zero-order valence-corrected chi connectivity index (χ0v) is 12.4. The van der Waals surface area contributed by atoms with E-state index in [4.69, 9.17) is 11.6 Å². The second kappa shape index (κ2) is 5.73. The highest BCUT2D eigenvalue weighted by Crippen LogP contribution is 2.23. The number of fused-ring (bicyclic) bond motifs is 1. The molecule has 3 aromatic rings. The van der Waals surface area contributed by atoms with E-state index in [-0.39, 0.29) is 5.28 Å². The molecule has 4 nitrogen and oxygen atoms in total. The normalized spacial score (nSPS) is 12.5. The van der Waals surface area contributed by atoms with Crippen molar-refractivity contribution in [3.63, 3.8) is 0 Å². The van der Waals surface area contributed by atoms with Crippen LogP contribution in [0.3, 0.4) is 0 Å². The quantitative estimate of drug-likeness (QED) is 0.741. The van der Waals surface area contributed by atoms with Gasteiger partial charge in [-0.05, 0) is 23.7 Å². The van der Waals surface area contributed by atoms with E-state index in [0.29, 0.717) is 5.92 Å². The molecule has 0 aliphatic heterocycles. The summed E-state index contributed by atoms with van der Waals surface area (Å²) in [5.41, 5.74) is 0.844. The number of para-hydroxylation sites is 1. The predicted octanol–water partition coefficient (Wildman–Crippen LogP) is 3.96. The summed E-state index contributed by atoms with van der Waals surface area (Å²) in [5.74, 6) is 1.09. The number of benzene rings is 1. The van der Waals surface area contributed by atoms with E-state index in [0.717, 1.165) is 28.3 Å². The molecule has 0 spiro atoms. The van der Waals surface area contributed by atoms with Crippen LogP contribution in [0, 0.1) is 0 Å². The molecule has 0 amide bonds. The lowest BCUT2D eigenvalue weighted by Crippen LogP contribution is -2.11. The molecule has 0 aliphatic rings. The van der Waals surface area contributed by atoms with Crippen molar-refractivity contribution >= 4 is 39.7 Å². The predicted molar refractivity (Wildman–Crippen MR) is 83.6 cm³/mol. The number of aromatic nitrogens is 3. The molecule has 2 aromatic heterocycles. The molecule has 102 valence electrons. The zero-order chi connectivity index (χ0) is 13.9. The monoisotopic (exact) mass is 304 g/mol. The first-order valence-electron chi connectivity index (χ1n) is 6.29. The van der Waals surface area contributed by atoms with Gasteiger partial charge in [0.2, 0.25) is 5.28 Å². The van der Waals surface area contributed by atoms with Gasteiger partial charge in [0.15, 0.2) is 0 Å². The minimum absolute atomic E-state index is 0.258. The van der Waals surface area contributed by atoms with Crippen LogP contribution in [0.2, 0.25) is 5.28 Å². The molecule has 0 radical (unpaired) electrons. The number of hydrogen-bond donors (Lipinski definition) is 1. The van der Waals surface area contributed by atoms with Crippen LogP contribution in [0.4, 0.5) is 5.82 Å². The molecule has 1 N–H and O–H groups in total. The van der Waals surface area contributed by atoms with Crippen molar-refractivity contribution in [2.75, 3.05) is 11.9 Å². The standard InChI is InChI=1S/C14H13ClN4S/c1-9(13-16-6-7-20-13)8-17-12-10-4-2-3-5-11(10)18-14(15)19-12/h2-7,9H,8H2,1H3,(H,17,18,19). The van der Waals surface area contributed by atoms with E-state index >= 15 is 0 Å². The molecule has 0 saturated carbocycles. The number of rotatable bonds is 4. The Bertz CT molecular complexity index is 714. The lowest BCUT2D eigenvalue weighted by atomic mass is 10.2. The molecular weight excluding hydrogens is 292 g/mol. The number of nitrogens with one attached hydrogen (secondary N) is 1. The van der Waals surface area contributed by atoms with Crippen LogP contribution in [0.25, 0.3) is 10.9 Å². The van der Waals surface area contributed by atoms with E-state index < -0.39 is 0 Å². The van der Waals surface area contributed by atoms with Gasteiger partial charge in [0.1, 0.15) is 5.82 Å². The van der Waals surface area contributed by atoms with Gasteiger partial charge in [-0.2, -0.15) is 0 Å². The largest absolute Gasteiger partial charge is 0.369 e. The number of hydrogen-bond acceptors (Lipinski definition) is 5. The van der Waals surface area contributed by atoms with Gasteiger partial charge in [-0.25, -0.2) is 15.0 Å². The number of thiazole rings is 1. The Kier molecular flexibility index (Phi) is 3.80. The van der Waals surface area contributed by atoms with Gasteiger partial charge in [0.25, 0.3) is 0 Å². The van der Waals surface area contributed by atoms with Crippen LogP contribution in [-0.4, -0.2) is 21.5 Å². The fourth-order valence-electron chi connectivity index (χ4n) is 2.00. The zero-order valence-electron chi connectivity index (χ0n) is 10.9. The Morgan fingerprint density at radius 1 is 1.30 bits per heavy atom. The van der Waals surface area contributed by atoms with Crippen LogP contribution in [-0.2, 0) is 0 Å². The third-order valence-corrected chi connectivity index (χ3v) is 4.20. The molecule has 0 bridgehead atoms. The molecule has 2 heterocycles. The maximum absolute atomic E-state index is 5.97.